The molecule has 0 atom stereocenters. The molecule has 0 saturated carbocycles. The molecular weight excluding hydrogens is 276 g/mol. The molecule has 1 fully saturated rings. The molecule has 1 aliphatic rings. The molecular formula is C18H22N2O2. The highest BCUT2D eigenvalue weighted by atomic mass is 16.5. The number of likely N-dealkylation sites (tertiary alicyclic amines) is 1. The molecule has 0 spiro atoms. The lowest BCUT2D eigenvalue weighted by molar-refractivity contribution is -0.127. The van der Waals surface area contributed by atoms with Gasteiger partial charge in [-0.2, -0.15) is 5.26 Å². The number of piperidine rings is 1. The number of rotatable bonds is 4. The summed E-state index contributed by atoms with van der Waals surface area (Å²) in [7, 11) is 0. The molecule has 0 unspecified atom stereocenters. The number of amides is 1. The van der Waals surface area contributed by atoms with Crippen molar-refractivity contribution in [2.45, 2.75) is 39.2 Å². The maximum atomic E-state index is 12.4. The van der Waals surface area contributed by atoms with Crippen molar-refractivity contribution >= 4 is 12.0 Å². The zero-order valence-corrected chi connectivity index (χ0v) is 13.2. The van der Waals surface area contributed by atoms with E-state index in [1.54, 1.807) is 11.0 Å². The highest BCUT2D eigenvalue weighted by molar-refractivity contribution is 6.01. The maximum absolute atomic E-state index is 12.4. The minimum Gasteiger partial charge on any atom is -0.491 e. The van der Waals surface area contributed by atoms with Crippen LogP contribution in [0, 0.1) is 11.3 Å². The molecule has 0 aromatic heterocycles. The monoisotopic (exact) mass is 298 g/mol. The zero-order chi connectivity index (χ0) is 15.9. The quantitative estimate of drug-likeness (QED) is 0.632. The zero-order valence-electron chi connectivity index (χ0n) is 13.2. The van der Waals surface area contributed by atoms with Crippen molar-refractivity contribution in [3.63, 3.8) is 0 Å². The smallest absolute Gasteiger partial charge is 0.264 e. The third kappa shape index (κ3) is 4.36. The van der Waals surface area contributed by atoms with E-state index in [0.29, 0.717) is 0 Å². The Morgan fingerprint density at radius 3 is 2.41 bits per heavy atom. The molecule has 4 heteroatoms. The van der Waals surface area contributed by atoms with Gasteiger partial charge in [-0.25, -0.2) is 0 Å². The fourth-order valence-corrected chi connectivity index (χ4v) is 2.49. The van der Waals surface area contributed by atoms with E-state index in [2.05, 4.69) is 0 Å². The van der Waals surface area contributed by atoms with Gasteiger partial charge in [-0.05, 0) is 56.9 Å². The topological polar surface area (TPSA) is 53.3 Å². The Morgan fingerprint density at radius 2 is 1.86 bits per heavy atom. The fourth-order valence-electron chi connectivity index (χ4n) is 2.49. The van der Waals surface area contributed by atoms with Crippen molar-refractivity contribution < 1.29 is 9.53 Å². The van der Waals surface area contributed by atoms with Crippen LogP contribution >= 0.6 is 0 Å². The Kier molecular flexibility index (Phi) is 5.60. The van der Waals surface area contributed by atoms with Crippen LogP contribution in [-0.2, 0) is 4.79 Å². The molecule has 0 aliphatic carbocycles. The van der Waals surface area contributed by atoms with Crippen molar-refractivity contribution in [2.75, 3.05) is 13.1 Å². The Labute approximate surface area is 132 Å². The SMILES string of the molecule is CC(C)Oc1ccc(/C=C(\C#N)C(=O)N2CCCCC2)cc1. The van der Waals surface area contributed by atoms with Crippen LogP contribution in [0.5, 0.6) is 5.75 Å². The molecule has 4 nitrogen and oxygen atoms in total. The minimum absolute atomic E-state index is 0.122. The molecule has 0 bridgehead atoms. The molecule has 1 aliphatic heterocycles. The first kappa shape index (κ1) is 16.1. The highest BCUT2D eigenvalue weighted by Crippen LogP contribution is 2.17. The Hall–Kier alpha value is -2.28. The lowest BCUT2D eigenvalue weighted by atomic mass is 10.1. The summed E-state index contributed by atoms with van der Waals surface area (Å²) in [6.07, 6.45) is 4.97. The predicted octanol–water partition coefficient (Wildman–Crippen LogP) is 3.39. The second-order valence-corrected chi connectivity index (χ2v) is 5.76. The third-order valence-electron chi connectivity index (χ3n) is 3.56. The Bertz CT molecular complexity index is 576. The van der Waals surface area contributed by atoms with Crippen molar-refractivity contribution in [3.05, 3.63) is 35.4 Å². The molecule has 1 aromatic carbocycles. The summed E-state index contributed by atoms with van der Waals surface area (Å²) in [5.74, 6) is 0.623. The number of nitriles is 1. The van der Waals surface area contributed by atoms with Crippen LogP contribution < -0.4 is 4.74 Å². The second kappa shape index (κ2) is 7.65. The summed E-state index contributed by atoms with van der Waals surface area (Å²) >= 11 is 0. The van der Waals surface area contributed by atoms with Gasteiger partial charge in [0.05, 0.1) is 6.10 Å². The van der Waals surface area contributed by atoms with Gasteiger partial charge < -0.3 is 9.64 Å². The predicted molar refractivity (Wildman–Crippen MR) is 86.2 cm³/mol. The molecule has 0 radical (unpaired) electrons. The van der Waals surface area contributed by atoms with Crippen LogP contribution in [0.1, 0.15) is 38.7 Å². The molecule has 116 valence electrons. The summed E-state index contributed by atoms with van der Waals surface area (Å²) < 4.78 is 5.58. The largest absolute Gasteiger partial charge is 0.491 e. The van der Waals surface area contributed by atoms with E-state index in [-0.39, 0.29) is 17.6 Å². The van der Waals surface area contributed by atoms with E-state index in [9.17, 15) is 10.1 Å². The van der Waals surface area contributed by atoms with Crippen LogP contribution in [0.3, 0.4) is 0 Å². The lowest BCUT2D eigenvalue weighted by Gasteiger charge is -2.26. The third-order valence-corrected chi connectivity index (χ3v) is 3.56. The van der Waals surface area contributed by atoms with E-state index in [1.807, 2.05) is 44.2 Å². The van der Waals surface area contributed by atoms with Gasteiger partial charge in [0.15, 0.2) is 0 Å². The first-order valence-electron chi connectivity index (χ1n) is 7.78. The Balaban J connectivity index is 2.11. The maximum Gasteiger partial charge on any atom is 0.264 e. The number of hydrogen-bond donors (Lipinski definition) is 0. The standard InChI is InChI=1S/C18H22N2O2/c1-14(2)22-17-8-6-15(7-9-17)12-16(13-19)18(21)20-10-4-3-5-11-20/h6-9,12,14H,3-5,10-11H2,1-2H3/b16-12+. The van der Waals surface area contributed by atoms with Crippen LogP contribution in [0.2, 0.25) is 0 Å². The van der Waals surface area contributed by atoms with Crippen LogP contribution in [0.25, 0.3) is 6.08 Å². The molecule has 1 aromatic rings. The Morgan fingerprint density at radius 1 is 1.23 bits per heavy atom. The normalized spacial score (nSPS) is 15.5. The van der Waals surface area contributed by atoms with E-state index in [1.165, 1.54) is 0 Å². The van der Waals surface area contributed by atoms with Crippen LogP contribution in [0.15, 0.2) is 29.8 Å². The van der Waals surface area contributed by atoms with Gasteiger partial charge in [-0.3, -0.25) is 4.79 Å². The van der Waals surface area contributed by atoms with E-state index >= 15 is 0 Å². The van der Waals surface area contributed by atoms with Gasteiger partial charge in [-0.15, -0.1) is 0 Å². The van der Waals surface area contributed by atoms with Crippen LogP contribution in [0.4, 0.5) is 0 Å². The molecule has 1 saturated heterocycles. The van der Waals surface area contributed by atoms with Crippen molar-refractivity contribution in [3.8, 4) is 11.8 Å². The highest BCUT2D eigenvalue weighted by Gasteiger charge is 2.20. The summed E-state index contributed by atoms with van der Waals surface area (Å²) in [4.78, 5) is 14.1. The average Bonchev–Trinajstić information content (AvgIpc) is 2.54. The van der Waals surface area contributed by atoms with Crippen molar-refractivity contribution in [2.24, 2.45) is 0 Å². The number of ether oxygens (including phenoxy) is 1. The van der Waals surface area contributed by atoms with Gasteiger partial charge in [0.2, 0.25) is 0 Å². The van der Waals surface area contributed by atoms with Crippen LogP contribution in [-0.4, -0.2) is 30.0 Å². The average molecular weight is 298 g/mol. The lowest BCUT2D eigenvalue weighted by Crippen LogP contribution is -2.36. The van der Waals surface area contributed by atoms with Gasteiger partial charge in [-0.1, -0.05) is 12.1 Å². The first-order chi connectivity index (χ1) is 10.6. The summed E-state index contributed by atoms with van der Waals surface area (Å²) in [6.45, 7) is 5.44. The summed E-state index contributed by atoms with van der Waals surface area (Å²) in [5.41, 5.74) is 1.03. The molecule has 1 heterocycles. The molecule has 2 rings (SSSR count). The van der Waals surface area contributed by atoms with E-state index in [0.717, 1.165) is 43.7 Å². The van der Waals surface area contributed by atoms with Crippen molar-refractivity contribution in [1.29, 1.82) is 5.26 Å². The number of carbonyl (C=O) groups excluding carboxylic acids is 1. The first-order valence-corrected chi connectivity index (χ1v) is 7.78. The fraction of sp³-hybridized carbons (Fsp3) is 0.444. The molecule has 0 N–H and O–H groups in total. The number of nitrogens with zero attached hydrogens (tertiary/aromatic N) is 2. The molecule has 1 amide bonds. The second-order valence-electron chi connectivity index (χ2n) is 5.76. The number of benzene rings is 1. The summed E-state index contributed by atoms with van der Waals surface area (Å²) in [5, 5.41) is 9.27. The van der Waals surface area contributed by atoms with Gasteiger partial charge in [0.1, 0.15) is 17.4 Å². The van der Waals surface area contributed by atoms with E-state index < -0.39 is 0 Å². The van der Waals surface area contributed by atoms with Gasteiger partial charge in [0.25, 0.3) is 5.91 Å². The summed E-state index contributed by atoms with van der Waals surface area (Å²) in [6, 6.07) is 9.46. The van der Waals surface area contributed by atoms with E-state index in [4.69, 9.17) is 4.74 Å². The number of carbonyl (C=O) groups is 1. The van der Waals surface area contributed by atoms with Crippen molar-refractivity contribution in [1.82, 2.24) is 4.90 Å². The minimum atomic E-state index is -0.162. The molecule has 22 heavy (non-hydrogen) atoms. The van der Waals surface area contributed by atoms with Gasteiger partial charge >= 0.3 is 0 Å². The van der Waals surface area contributed by atoms with Gasteiger partial charge in [0, 0.05) is 13.1 Å². The number of hydrogen-bond acceptors (Lipinski definition) is 3.